The zero-order chi connectivity index (χ0) is 10.6. The third kappa shape index (κ3) is 2.85. The normalized spacial score (nSPS) is 12.0. The summed E-state index contributed by atoms with van der Waals surface area (Å²) in [5, 5.41) is 11.4. The van der Waals surface area contributed by atoms with Crippen LogP contribution in [-0.4, -0.2) is 19.3 Å². The van der Waals surface area contributed by atoms with Crippen LogP contribution in [0.4, 0.5) is 0 Å². The molecule has 0 aliphatic carbocycles. The van der Waals surface area contributed by atoms with Crippen LogP contribution >= 0.6 is 0 Å². The maximum absolute atomic E-state index is 10.4. The first-order valence-corrected chi connectivity index (χ1v) is 5.25. The molecular formula is C9H10NO3S. The van der Waals surface area contributed by atoms with Gasteiger partial charge in [0.25, 0.3) is 0 Å². The summed E-state index contributed by atoms with van der Waals surface area (Å²) in [5.74, 6) is 0.0261. The van der Waals surface area contributed by atoms with Crippen molar-refractivity contribution >= 4 is 16.4 Å². The molecule has 0 aromatic heterocycles. The van der Waals surface area contributed by atoms with Crippen molar-refractivity contribution in [2.75, 3.05) is 0 Å². The SMILES string of the molecule is [CH2]C(=NO)c1ccc(C[SH](=O)=O)cc1. The van der Waals surface area contributed by atoms with Gasteiger partial charge in [-0.1, -0.05) is 29.4 Å². The summed E-state index contributed by atoms with van der Waals surface area (Å²) in [5.41, 5.74) is 1.62. The lowest BCUT2D eigenvalue weighted by Gasteiger charge is -1.99. The fourth-order valence-corrected chi connectivity index (χ4v) is 1.52. The molecule has 0 fully saturated rings. The Morgan fingerprint density at radius 3 is 2.36 bits per heavy atom. The number of nitrogens with zero attached hydrogens (tertiary/aromatic N) is 1. The lowest BCUT2D eigenvalue weighted by atomic mass is 10.1. The molecule has 0 aliphatic rings. The third-order valence-corrected chi connectivity index (χ3v) is 2.34. The van der Waals surface area contributed by atoms with Gasteiger partial charge in [-0.2, -0.15) is 0 Å². The van der Waals surface area contributed by atoms with Gasteiger partial charge in [0.15, 0.2) is 0 Å². The molecule has 0 atom stereocenters. The Kier molecular flexibility index (Phi) is 3.64. The van der Waals surface area contributed by atoms with E-state index in [9.17, 15) is 8.42 Å². The number of rotatable bonds is 3. The molecule has 0 amide bonds. The van der Waals surface area contributed by atoms with Gasteiger partial charge < -0.3 is 5.21 Å². The van der Waals surface area contributed by atoms with E-state index < -0.39 is 10.7 Å². The molecule has 1 aromatic carbocycles. The second-order valence-electron chi connectivity index (χ2n) is 2.73. The van der Waals surface area contributed by atoms with Crippen molar-refractivity contribution in [2.45, 2.75) is 5.75 Å². The third-order valence-electron chi connectivity index (χ3n) is 1.72. The van der Waals surface area contributed by atoms with Gasteiger partial charge in [0.1, 0.15) is 10.7 Å². The number of hydrogen-bond donors (Lipinski definition) is 2. The van der Waals surface area contributed by atoms with E-state index in [1.165, 1.54) is 0 Å². The van der Waals surface area contributed by atoms with E-state index in [4.69, 9.17) is 5.21 Å². The first-order valence-electron chi connectivity index (χ1n) is 3.88. The predicted molar refractivity (Wildman–Crippen MR) is 54.1 cm³/mol. The van der Waals surface area contributed by atoms with Crippen LogP contribution in [0, 0.1) is 6.92 Å². The standard InChI is InChI=1S/C9H10NO3S/c1-7(10-11)9-4-2-8(3-5-9)6-14(12)13/h2-5,11,14H,1,6H2. The zero-order valence-electron chi connectivity index (χ0n) is 7.38. The molecular weight excluding hydrogens is 202 g/mol. The van der Waals surface area contributed by atoms with Crippen LogP contribution < -0.4 is 0 Å². The first kappa shape index (κ1) is 10.7. The van der Waals surface area contributed by atoms with Crippen LogP contribution in [0.2, 0.25) is 0 Å². The molecule has 0 heterocycles. The highest BCUT2D eigenvalue weighted by Gasteiger charge is 1.98. The highest BCUT2D eigenvalue weighted by atomic mass is 32.2. The van der Waals surface area contributed by atoms with E-state index in [0.29, 0.717) is 11.1 Å². The van der Waals surface area contributed by atoms with Crippen molar-refractivity contribution in [3.8, 4) is 0 Å². The second-order valence-corrected chi connectivity index (χ2v) is 3.72. The van der Waals surface area contributed by atoms with Gasteiger partial charge in [-0.3, -0.25) is 0 Å². The van der Waals surface area contributed by atoms with Gasteiger partial charge in [-0.15, -0.1) is 0 Å². The molecule has 0 aliphatic heterocycles. The van der Waals surface area contributed by atoms with E-state index in [2.05, 4.69) is 12.1 Å². The van der Waals surface area contributed by atoms with Crippen LogP contribution in [0.1, 0.15) is 11.1 Å². The maximum Gasteiger partial charge on any atom is 0.144 e. The van der Waals surface area contributed by atoms with E-state index in [1.54, 1.807) is 24.3 Å². The van der Waals surface area contributed by atoms with Crippen molar-refractivity contribution in [1.82, 2.24) is 0 Å². The van der Waals surface area contributed by atoms with E-state index in [1.807, 2.05) is 0 Å². The number of hydrogen-bond acceptors (Lipinski definition) is 4. The second kappa shape index (κ2) is 4.76. The number of benzene rings is 1. The van der Waals surface area contributed by atoms with Gasteiger partial charge in [0.2, 0.25) is 0 Å². The Bertz CT molecular complexity index is 399. The summed E-state index contributed by atoms with van der Waals surface area (Å²) in [6.45, 7) is 3.50. The Morgan fingerprint density at radius 1 is 1.36 bits per heavy atom. The van der Waals surface area contributed by atoms with Gasteiger partial charge in [-0.05, 0) is 18.1 Å². The summed E-state index contributed by atoms with van der Waals surface area (Å²) < 4.78 is 20.8. The molecule has 0 spiro atoms. The first-order chi connectivity index (χ1) is 6.63. The Balaban J connectivity index is 2.89. The lowest BCUT2D eigenvalue weighted by Crippen LogP contribution is -1.95. The summed E-state index contributed by atoms with van der Waals surface area (Å²) in [6, 6.07) is 6.65. The number of oxime groups is 1. The van der Waals surface area contributed by atoms with E-state index in [0.717, 1.165) is 0 Å². The van der Waals surface area contributed by atoms with Crippen LogP contribution in [0.3, 0.4) is 0 Å². The molecule has 4 nitrogen and oxygen atoms in total. The molecule has 14 heavy (non-hydrogen) atoms. The largest absolute Gasteiger partial charge is 0.411 e. The minimum atomic E-state index is -2.40. The molecule has 1 rings (SSSR count). The minimum absolute atomic E-state index is 0.0261. The van der Waals surface area contributed by atoms with Crippen molar-refractivity contribution in [1.29, 1.82) is 0 Å². The average Bonchev–Trinajstić information content (AvgIpc) is 2.17. The summed E-state index contributed by atoms with van der Waals surface area (Å²) in [7, 11) is -2.40. The zero-order valence-corrected chi connectivity index (χ0v) is 8.28. The maximum atomic E-state index is 10.4. The van der Waals surface area contributed by atoms with E-state index >= 15 is 0 Å². The molecule has 5 heteroatoms. The van der Waals surface area contributed by atoms with Gasteiger partial charge in [0, 0.05) is 0 Å². The van der Waals surface area contributed by atoms with Gasteiger partial charge in [0.05, 0.1) is 11.5 Å². The smallest absolute Gasteiger partial charge is 0.144 e. The molecule has 0 saturated heterocycles. The summed E-state index contributed by atoms with van der Waals surface area (Å²) >= 11 is 0. The van der Waals surface area contributed by atoms with Crippen LogP contribution in [0.25, 0.3) is 0 Å². The van der Waals surface area contributed by atoms with E-state index in [-0.39, 0.29) is 11.5 Å². The highest BCUT2D eigenvalue weighted by molar-refractivity contribution is 7.71. The van der Waals surface area contributed by atoms with Crippen molar-refractivity contribution in [3.63, 3.8) is 0 Å². The van der Waals surface area contributed by atoms with Crippen molar-refractivity contribution in [3.05, 3.63) is 42.3 Å². The topological polar surface area (TPSA) is 66.7 Å². The summed E-state index contributed by atoms with van der Waals surface area (Å²) in [4.78, 5) is 0. The molecule has 75 valence electrons. The van der Waals surface area contributed by atoms with Crippen molar-refractivity contribution < 1.29 is 13.6 Å². The predicted octanol–water partition coefficient (Wildman–Crippen LogP) is 0.810. The minimum Gasteiger partial charge on any atom is -0.411 e. The molecule has 1 N–H and O–H groups in total. The van der Waals surface area contributed by atoms with Crippen LogP contribution in [0.5, 0.6) is 0 Å². The van der Waals surface area contributed by atoms with Crippen molar-refractivity contribution in [2.24, 2.45) is 5.16 Å². The highest BCUT2D eigenvalue weighted by Crippen LogP contribution is 2.06. The van der Waals surface area contributed by atoms with Crippen LogP contribution in [-0.2, 0) is 16.5 Å². The summed E-state index contributed by atoms with van der Waals surface area (Å²) in [6.07, 6.45) is 0. The number of thiol groups is 1. The average molecular weight is 212 g/mol. The monoisotopic (exact) mass is 212 g/mol. The van der Waals surface area contributed by atoms with Gasteiger partial charge >= 0.3 is 0 Å². The molecule has 1 aromatic rings. The molecule has 0 unspecified atom stereocenters. The van der Waals surface area contributed by atoms with Crippen LogP contribution in [0.15, 0.2) is 29.4 Å². The fraction of sp³-hybridized carbons (Fsp3) is 0.111. The van der Waals surface area contributed by atoms with Gasteiger partial charge in [-0.25, -0.2) is 8.42 Å². The Morgan fingerprint density at radius 2 is 1.93 bits per heavy atom. The fourth-order valence-electron chi connectivity index (χ4n) is 1.01. The molecule has 0 bridgehead atoms. The molecule has 1 radical (unpaired) electrons. The Hall–Kier alpha value is -1.36. The quantitative estimate of drug-likeness (QED) is 0.337. The Labute approximate surface area is 83.8 Å². The lowest BCUT2D eigenvalue weighted by molar-refractivity contribution is 0.320. The molecule has 0 saturated carbocycles.